The van der Waals surface area contributed by atoms with Crippen molar-refractivity contribution in [3.8, 4) is 11.5 Å². The fraction of sp³-hybridized carbons (Fsp3) is 0.655. The van der Waals surface area contributed by atoms with Crippen LogP contribution in [0.2, 0.25) is 0 Å². The van der Waals surface area contributed by atoms with Crippen LogP contribution in [0.15, 0.2) is 18.2 Å². The molecular formula is C29H45NO11. The lowest BCUT2D eigenvalue weighted by Crippen LogP contribution is -2.58. The molecule has 232 valence electrons. The summed E-state index contributed by atoms with van der Waals surface area (Å²) in [5.41, 5.74) is 4.82. The molecule has 0 spiro atoms. The molecule has 0 aliphatic carbocycles. The standard InChI is InChI=1S/C29H45NO11/c1-9-12-19(6)38-26(33)39-21(8)20(7)29(30,25(31)32)16-22-13-14-23(40-27(34)36-17(4)10-2)24(15-22)41-28(35)37-18(5)11-3/h13-15,17-21H,9-12,16,30H2,1-8H3,(H,31,32)/t17?,18?,19?,20-,21+,29-/m1/s1. The summed E-state index contributed by atoms with van der Waals surface area (Å²) in [6, 6.07) is 4.13. The molecule has 0 aromatic heterocycles. The van der Waals surface area contributed by atoms with Crippen molar-refractivity contribution in [1.29, 1.82) is 0 Å². The summed E-state index contributed by atoms with van der Waals surface area (Å²) in [4.78, 5) is 49.2. The lowest BCUT2D eigenvalue weighted by molar-refractivity contribution is -0.147. The Hall–Kier alpha value is -3.54. The number of hydrogen-bond acceptors (Lipinski definition) is 11. The van der Waals surface area contributed by atoms with Gasteiger partial charge < -0.3 is 39.3 Å². The number of carboxylic acids is 1. The number of ether oxygens (including phenoxy) is 6. The van der Waals surface area contributed by atoms with Crippen LogP contribution in [0.4, 0.5) is 14.4 Å². The van der Waals surface area contributed by atoms with Gasteiger partial charge in [-0.2, -0.15) is 0 Å². The molecule has 0 fully saturated rings. The van der Waals surface area contributed by atoms with E-state index in [4.69, 9.17) is 34.2 Å². The van der Waals surface area contributed by atoms with Crippen molar-refractivity contribution < 1.29 is 52.7 Å². The van der Waals surface area contributed by atoms with Gasteiger partial charge in [0.25, 0.3) is 0 Å². The SMILES string of the molecule is CCCC(C)OC(=O)O[C@@H](C)[C@@H](C)[C@](N)(Cc1ccc(OC(=O)OC(C)CC)c(OC(=O)OC(C)CC)c1)C(=O)O. The monoisotopic (exact) mass is 583 g/mol. The molecule has 3 N–H and O–H groups in total. The van der Waals surface area contributed by atoms with Crippen LogP contribution in [0.5, 0.6) is 11.5 Å². The molecule has 0 saturated carbocycles. The third kappa shape index (κ3) is 11.5. The number of carbonyl (C=O) groups excluding carboxylic acids is 3. The van der Waals surface area contributed by atoms with Gasteiger partial charge in [-0.3, -0.25) is 4.79 Å². The lowest BCUT2D eigenvalue weighted by atomic mass is 9.78. The van der Waals surface area contributed by atoms with E-state index in [0.717, 1.165) is 6.42 Å². The Balaban J connectivity index is 3.25. The fourth-order valence-corrected chi connectivity index (χ4v) is 3.65. The number of carboxylic acid groups (broad SMARTS) is 1. The molecule has 1 aromatic carbocycles. The second-order valence-electron chi connectivity index (χ2n) is 10.3. The third-order valence-electron chi connectivity index (χ3n) is 6.83. The molecule has 1 rings (SSSR count). The normalized spacial score (nSPS) is 16.1. The predicted molar refractivity (Wildman–Crippen MR) is 149 cm³/mol. The molecule has 3 unspecified atom stereocenters. The zero-order chi connectivity index (χ0) is 31.3. The van der Waals surface area contributed by atoms with Crippen LogP contribution in [0.3, 0.4) is 0 Å². The molecule has 1 aromatic rings. The van der Waals surface area contributed by atoms with E-state index in [0.29, 0.717) is 24.8 Å². The van der Waals surface area contributed by atoms with Crippen molar-refractivity contribution >= 4 is 24.4 Å². The topological polar surface area (TPSA) is 170 Å². The van der Waals surface area contributed by atoms with E-state index in [-0.39, 0.29) is 24.0 Å². The Morgan fingerprint density at radius 2 is 1.29 bits per heavy atom. The maximum Gasteiger partial charge on any atom is 0.514 e. The van der Waals surface area contributed by atoms with Crippen molar-refractivity contribution in [2.24, 2.45) is 11.7 Å². The summed E-state index contributed by atoms with van der Waals surface area (Å²) in [7, 11) is 0. The Bertz CT molecular complexity index is 1030. The quantitative estimate of drug-likeness (QED) is 0.140. The molecule has 12 heteroatoms. The van der Waals surface area contributed by atoms with Gasteiger partial charge in [-0.15, -0.1) is 0 Å². The van der Waals surface area contributed by atoms with Crippen molar-refractivity contribution in [1.82, 2.24) is 0 Å². The lowest BCUT2D eigenvalue weighted by Gasteiger charge is -2.34. The summed E-state index contributed by atoms with van der Waals surface area (Å²) in [6.45, 7) is 13.8. The summed E-state index contributed by atoms with van der Waals surface area (Å²) in [5.74, 6) is -2.57. The van der Waals surface area contributed by atoms with Gasteiger partial charge >= 0.3 is 24.4 Å². The Kier molecular flexibility index (Phi) is 14.4. The van der Waals surface area contributed by atoms with Gasteiger partial charge in [0.05, 0.1) is 0 Å². The Labute approximate surface area is 241 Å². The fourth-order valence-electron chi connectivity index (χ4n) is 3.65. The molecule has 41 heavy (non-hydrogen) atoms. The Morgan fingerprint density at radius 3 is 1.78 bits per heavy atom. The highest BCUT2D eigenvalue weighted by molar-refractivity contribution is 5.80. The zero-order valence-corrected chi connectivity index (χ0v) is 25.3. The highest BCUT2D eigenvalue weighted by atomic mass is 16.8. The first-order valence-electron chi connectivity index (χ1n) is 14.0. The molecule has 0 saturated heterocycles. The van der Waals surface area contributed by atoms with Gasteiger partial charge in [0.2, 0.25) is 0 Å². The van der Waals surface area contributed by atoms with E-state index in [2.05, 4.69) is 0 Å². The van der Waals surface area contributed by atoms with Crippen molar-refractivity contribution in [2.75, 3.05) is 0 Å². The van der Waals surface area contributed by atoms with Crippen molar-refractivity contribution in [3.63, 3.8) is 0 Å². The van der Waals surface area contributed by atoms with Gasteiger partial charge in [-0.1, -0.05) is 40.2 Å². The van der Waals surface area contributed by atoms with Gasteiger partial charge in [-0.25, -0.2) is 14.4 Å². The molecule has 0 bridgehead atoms. The van der Waals surface area contributed by atoms with Gasteiger partial charge in [0, 0.05) is 12.3 Å². The number of hydrogen-bond donors (Lipinski definition) is 2. The number of carbonyl (C=O) groups is 4. The van der Waals surface area contributed by atoms with Crippen LogP contribution in [0, 0.1) is 5.92 Å². The van der Waals surface area contributed by atoms with E-state index in [1.165, 1.54) is 25.1 Å². The average Bonchev–Trinajstić information content (AvgIpc) is 2.88. The average molecular weight is 584 g/mol. The first kappa shape index (κ1) is 35.5. The second-order valence-corrected chi connectivity index (χ2v) is 10.3. The van der Waals surface area contributed by atoms with E-state index < -0.39 is 54.2 Å². The van der Waals surface area contributed by atoms with Crippen LogP contribution in [-0.2, 0) is 30.2 Å². The largest absolute Gasteiger partial charge is 0.514 e. The Morgan fingerprint density at radius 1 is 0.780 bits per heavy atom. The van der Waals surface area contributed by atoms with Crippen LogP contribution in [0.1, 0.15) is 86.6 Å². The first-order chi connectivity index (χ1) is 19.2. The van der Waals surface area contributed by atoms with E-state index in [1.807, 2.05) is 20.8 Å². The van der Waals surface area contributed by atoms with Gasteiger partial charge in [0.15, 0.2) is 11.5 Å². The molecular weight excluding hydrogens is 538 g/mol. The van der Waals surface area contributed by atoms with Crippen LogP contribution in [0.25, 0.3) is 0 Å². The highest BCUT2D eigenvalue weighted by Crippen LogP contribution is 2.33. The smallest absolute Gasteiger partial charge is 0.480 e. The molecule has 0 radical (unpaired) electrons. The zero-order valence-electron chi connectivity index (χ0n) is 25.3. The molecule has 0 aliphatic heterocycles. The number of rotatable bonds is 15. The van der Waals surface area contributed by atoms with Gasteiger partial charge in [-0.05, 0) is 64.7 Å². The maximum absolute atomic E-state index is 12.4. The van der Waals surface area contributed by atoms with E-state index in [1.54, 1.807) is 27.7 Å². The van der Waals surface area contributed by atoms with Crippen LogP contribution in [-0.4, -0.2) is 59.5 Å². The maximum atomic E-state index is 12.4. The summed E-state index contributed by atoms with van der Waals surface area (Å²) in [6.07, 6.45) is -2.78. The first-order valence-corrected chi connectivity index (χ1v) is 14.0. The van der Waals surface area contributed by atoms with E-state index >= 15 is 0 Å². The highest BCUT2D eigenvalue weighted by Gasteiger charge is 2.44. The third-order valence-corrected chi connectivity index (χ3v) is 6.83. The molecule has 0 heterocycles. The van der Waals surface area contributed by atoms with Gasteiger partial charge in [0.1, 0.15) is 30.0 Å². The predicted octanol–water partition coefficient (Wildman–Crippen LogP) is 6.01. The number of benzene rings is 1. The van der Waals surface area contributed by atoms with Crippen LogP contribution < -0.4 is 15.2 Å². The number of aliphatic carboxylic acids is 1. The minimum absolute atomic E-state index is 0.144. The van der Waals surface area contributed by atoms with Crippen molar-refractivity contribution in [2.45, 2.75) is 117 Å². The summed E-state index contributed by atoms with van der Waals surface area (Å²) in [5, 5.41) is 10.1. The summed E-state index contributed by atoms with van der Waals surface area (Å²) < 4.78 is 31.4. The molecule has 12 nitrogen and oxygen atoms in total. The minimum Gasteiger partial charge on any atom is -0.480 e. The number of nitrogens with two attached hydrogens (primary N) is 1. The molecule has 6 atom stereocenters. The molecule has 0 amide bonds. The molecule has 0 aliphatic rings. The summed E-state index contributed by atoms with van der Waals surface area (Å²) >= 11 is 0. The minimum atomic E-state index is -1.92. The second kappa shape index (κ2) is 16.7. The van der Waals surface area contributed by atoms with Crippen LogP contribution >= 0.6 is 0 Å². The van der Waals surface area contributed by atoms with E-state index in [9.17, 15) is 24.3 Å². The van der Waals surface area contributed by atoms with Crippen molar-refractivity contribution in [3.05, 3.63) is 23.8 Å².